The molecule has 0 aliphatic rings. The SMILES string of the molecule is CCN(c1ccc(F)cc1)c1cc(Br)ccc1N. The van der Waals surface area contributed by atoms with Gasteiger partial charge in [-0.2, -0.15) is 0 Å². The predicted molar refractivity (Wildman–Crippen MR) is 77.6 cm³/mol. The third-order valence-electron chi connectivity index (χ3n) is 2.74. The van der Waals surface area contributed by atoms with Crippen molar-refractivity contribution >= 4 is 33.0 Å². The van der Waals surface area contributed by atoms with E-state index in [0.29, 0.717) is 5.69 Å². The third-order valence-corrected chi connectivity index (χ3v) is 3.23. The number of benzene rings is 2. The fourth-order valence-corrected chi connectivity index (χ4v) is 2.21. The Bertz CT molecular complexity index is 540. The second kappa shape index (κ2) is 5.40. The summed E-state index contributed by atoms with van der Waals surface area (Å²) in [5, 5.41) is 0. The van der Waals surface area contributed by atoms with E-state index in [0.717, 1.165) is 22.4 Å². The summed E-state index contributed by atoms with van der Waals surface area (Å²) in [5.41, 5.74) is 8.53. The minimum atomic E-state index is -0.239. The lowest BCUT2D eigenvalue weighted by Crippen LogP contribution is -2.17. The van der Waals surface area contributed by atoms with Gasteiger partial charge in [0.25, 0.3) is 0 Å². The minimum absolute atomic E-state index is 0.239. The van der Waals surface area contributed by atoms with E-state index in [4.69, 9.17) is 5.73 Å². The normalized spacial score (nSPS) is 10.4. The monoisotopic (exact) mass is 308 g/mol. The summed E-state index contributed by atoms with van der Waals surface area (Å²) >= 11 is 3.44. The van der Waals surface area contributed by atoms with E-state index < -0.39 is 0 Å². The zero-order chi connectivity index (χ0) is 13.1. The van der Waals surface area contributed by atoms with Gasteiger partial charge < -0.3 is 10.6 Å². The third kappa shape index (κ3) is 2.64. The average molecular weight is 309 g/mol. The number of anilines is 3. The highest BCUT2D eigenvalue weighted by atomic mass is 79.9. The Kier molecular flexibility index (Phi) is 3.87. The van der Waals surface area contributed by atoms with Crippen LogP contribution < -0.4 is 10.6 Å². The summed E-state index contributed by atoms with van der Waals surface area (Å²) in [6, 6.07) is 12.1. The van der Waals surface area contributed by atoms with E-state index in [1.54, 1.807) is 12.1 Å². The first kappa shape index (κ1) is 12.9. The molecule has 0 spiro atoms. The van der Waals surface area contributed by atoms with E-state index in [9.17, 15) is 4.39 Å². The maximum Gasteiger partial charge on any atom is 0.123 e. The maximum atomic E-state index is 12.9. The van der Waals surface area contributed by atoms with Crippen LogP contribution in [0.5, 0.6) is 0 Å². The maximum absolute atomic E-state index is 12.9. The molecule has 18 heavy (non-hydrogen) atoms. The Morgan fingerprint density at radius 3 is 2.44 bits per heavy atom. The van der Waals surface area contributed by atoms with Crippen LogP contribution in [0.4, 0.5) is 21.5 Å². The van der Waals surface area contributed by atoms with Gasteiger partial charge in [-0.05, 0) is 49.4 Å². The van der Waals surface area contributed by atoms with Crippen LogP contribution in [-0.4, -0.2) is 6.54 Å². The van der Waals surface area contributed by atoms with E-state index >= 15 is 0 Å². The van der Waals surface area contributed by atoms with Crippen LogP contribution in [0.3, 0.4) is 0 Å². The van der Waals surface area contributed by atoms with Gasteiger partial charge >= 0.3 is 0 Å². The molecule has 0 radical (unpaired) electrons. The highest BCUT2D eigenvalue weighted by Gasteiger charge is 2.10. The molecule has 0 atom stereocenters. The van der Waals surface area contributed by atoms with Crippen molar-refractivity contribution < 1.29 is 4.39 Å². The zero-order valence-corrected chi connectivity index (χ0v) is 11.6. The standard InChI is InChI=1S/C14H14BrFN2/c1-2-18(12-6-4-11(16)5-7-12)14-9-10(15)3-8-13(14)17/h3-9H,2,17H2,1H3. The van der Waals surface area contributed by atoms with Gasteiger partial charge in [-0.3, -0.25) is 0 Å². The van der Waals surface area contributed by atoms with Gasteiger partial charge in [0.15, 0.2) is 0 Å². The van der Waals surface area contributed by atoms with E-state index in [1.165, 1.54) is 12.1 Å². The molecule has 4 heteroatoms. The molecule has 0 amide bonds. The van der Waals surface area contributed by atoms with Gasteiger partial charge in [0, 0.05) is 16.7 Å². The van der Waals surface area contributed by atoms with Gasteiger partial charge in [0.2, 0.25) is 0 Å². The lowest BCUT2D eigenvalue weighted by molar-refractivity contribution is 0.628. The van der Waals surface area contributed by atoms with E-state index in [1.807, 2.05) is 30.0 Å². The zero-order valence-electron chi connectivity index (χ0n) is 10.0. The molecular weight excluding hydrogens is 295 g/mol. The van der Waals surface area contributed by atoms with E-state index in [-0.39, 0.29) is 5.82 Å². The van der Waals surface area contributed by atoms with Crippen LogP contribution in [0.15, 0.2) is 46.9 Å². The van der Waals surface area contributed by atoms with E-state index in [2.05, 4.69) is 15.9 Å². The second-order valence-electron chi connectivity index (χ2n) is 3.92. The number of rotatable bonds is 3. The van der Waals surface area contributed by atoms with Crippen LogP contribution in [0.25, 0.3) is 0 Å². The minimum Gasteiger partial charge on any atom is -0.397 e. The van der Waals surface area contributed by atoms with Crippen molar-refractivity contribution in [1.82, 2.24) is 0 Å². The van der Waals surface area contributed by atoms with Crippen molar-refractivity contribution in [2.24, 2.45) is 0 Å². The summed E-state index contributed by atoms with van der Waals surface area (Å²) < 4.78 is 13.9. The fraction of sp³-hybridized carbons (Fsp3) is 0.143. The summed E-state index contributed by atoms with van der Waals surface area (Å²) in [4.78, 5) is 2.04. The number of halogens is 2. The number of hydrogen-bond acceptors (Lipinski definition) is 2. The molecule has 0 aliphatic carbocycles. The van der Waals surface area contributed by atoms with Crippen molar-refractivity contribution in [1.29, 1.82) is 0 Å². The molecule has 0 heterocycles. The summed E-state index contributed by atoms with van der Waals surface area (Å²) in [6.07, 6.45) is 0. The summed E-state index contributed by atoms with van der Waals surface area (Å²) in [5.74, 6) is -0.239. The molecule has 2 N–H and O–H groups in total. The fourth-order valence-electron chi connectivity index (χ4n) is 1.86. The van der Waals surface area contributed by atoms with Crippen molar-refractivity contribution in [2.45, 2.75) is 6.92 Å². The molecule has 2 nitrogen and oxygen atoms in total. The number of nitrogens with zero attached hydrogens (tertiary/aromatic N) is 1. The first-order chi connectivity index (χ1) is 8.61. The molecule has 0 saturated carbocycles. The first-order valence-corrected chi connectivity index (χ1v) is 6.49. The van der Waals surface area contributed by atoms with Crippen LogP contribution >= 0.6 is 15.9 Å². The topological polar surface area (TPSA) is 29.3 Å². The molecule has 94 valence electrons. The Morgan fingerprint density at radius 1 is 1.17 bits per heavy atom. The van der Waals surface area contributed by atoms with Crippen LogP contribution in [0.1, 0.15) is 6.92 Å². The highest BCUT2D eigenvalue weighted by molar-refractivity contribution is 9.10. The Labute approximate surface area is 114 Å². The van der Waals surface area contributed by atoms with Crippen molar-refractivity contribution in [3.63, 3.8) is 0 Å². The summed E-state index contributed by atoms with van der Waals surface area (Å²) in [6.45, 7) is 2.79. The molecule has 0 unspecified atom stereocenters. The quantitative estimate of drug-likeness (QED) is 0.855. The van der Waals surface area contributed by atoms with Crippen molar-refractivity contribution in [3.8, 4) is 0 Å². The lowest BCUT2D eigenvalue weighted by atomic mass is 10.2. The smallest absolute Gasteiger partial charge is 0.123 e. The molecule has 0 aliphatic heterocycles. The second-order valence-corrected chi connectivity index (χ2v) is 4.84. The van der Waals surface area contributed by atoms with Gasteiger partial charge in [0.1, 0.15) is 5.82 Å². The van der Waals surface area contributed by atoms with Crippen LogP contribution in [-0.2, 0) is 0 Å². The van der Waals surface area contributed by atoms with Gasteiger partial charge in [-0.15, -0.1) is 0 Å². The molecule has 0 fully saturated rings. The van der Waals surface area contributed by atoms with Crippen molar-refractivity contribution in [3.05, 3.63) is 52.8 Å². The predicted octanol–water partition coefficient (Wildman–Crippen LogP) is 4.33. The average Bonchev–Trinajstić information content (AvgIpc) is 2.37. The molecule has 2 aromatic carbocycles. The Balaban J connectivity index is 2.44. The molecule has 0 bridgehead atoms. The Hall–Kier alpha value is -1.55. The number of nitrogens with two attached hydrogens (primary N) is 1. The molecular formula is C14H14BrFN2. The summed E-state index contributed by atoms with van der Waals surface area (Å²) in [7, 11) is 0. The molecule has 0 saturated heterocycles. The number of nitrogen functional groups attached to an aromatic ring is 1. The highest BCUT2D eigenvalue weighted by Crippen LogP contribution is 2.32. The van der Waals surface area contributed by atoms with Gasteiger partial charge in [0.05, 0.1) is 11.4 Å². The molecule has 2 rings (SSSR count). The molecule has 0 aromatic heterocycles. The van der Waals surface area contributed by atoms with Crippen LogP contribution in [0.2, 0.25) is 0 Å². The Morgan fingerprint density at radius 2 is 1.83 bits per heavy atom. The van der Waals surface area contributed by atoms with Crippen LogP contribution in [0, 0.1) is 5.82 Å². The lowest BCUT2D eigenvalue weighted by Gasteiger charge is -2.25. The molecule has 2 aromatic rings. The van der Waals surface area contributed by atoms with Gasteiger partial charge in [-0.1, -0.05) is 15.9 Å². The van der Waals surface area contributed by atoms with Crippen molar-refractivity contribution in [2.75, 3.05) is 17.2 Å². The first-order valence-electron chi connectivity index (χ1n) is 5.70. The number of hydrogen-bond donors (Lipinski definition) is 1. The van der Waals surface area contributed by atoms with Gasteiger partial charge in [-0.25, -0.2) is 4.39 Å². The largest absolute Gasteiger partial charge is 0.397 e.